The van der Waals surface area contributed by atoms with Crippen LogP contribution in [0.4, 0.5) is 0 Å². The van der Waals surface area contributed by atoms with Gasteiger partial charge >= 0.3 is 0 Å². The predicted octanol–water partition coefficient (Wildman–Crippen LogP) is 3.15. The van der Waals surface area contributed by atoms with Crippen molar-refractivity contribution in [2.24, 2.45) is 0 Å². The minimum atomic E-state index is 0.151. The van der Waals surface area contributed by atoms with Crippen molar-refractivity contribution < 1.29 is 4.79 Å². The fourth-order valence-electron chi connectivity index (χ4n) is 2.48. The highest BCUT2D eigenvalue weighted by molar-refractivity contribution is 5.98. The van der Waals surface area contributed by atoms with Gasteiger partial charge in [0, 0.05) is 18.7 Å². The summed E-state index contributed by atoms with van der Waals surface area (Å²) < 4.78 is 0. The van der Waals surface area contributed by atoms with Crippen LogP contribution in [0.15, 0.2) is 48.5 Å². The highest BCUT2D eigenvalue weighted by Crippen LogP contribution is 2.26. The standard InChI is InChI=1S/C16H15NO/c1-12-6-5-9-14-15(12)11-17(16(14)18)10-13-7-3-2-4-8-13/h2-9H,10-11H2,1H3. The molecule has 1 aliphatic heterocycles. The summed E-state index contributed by atoms with van der Waals surface area (Å²) in [6.07, 6.45) is 0. The summed E-state index contributed by atoms with van der Waals surface area (Å²) in [6, 6.07) is 16.1. The van der Waals surface area contributed by atoms with Crippen LogP contribution in [0.3, 0.4) is 0 Å². The van der Waals surface area contributed by atoms with E-state index < -0.39 is 0 Å². The zero-order valence-electron chi connectivity index (χ0n) is 10.4. The zero-order valence-corrected chi connectivity index (χ0v) is 10.4. The summed E-state index contributed by atoms with van der Waals surface area (Å²) in [7, 11) is 0. The van der Waals surface area contributed by atoms with E-state index in [-0.39, 0.29) is 5.91 Å². The lowest BCUT2D eigenvalue weighted by Crippen LogP contribution is -2.23. The molecule has 0 radical (unpaired) electrons. The van der Waals surface area contributed by atoms with Crippen LogP contribution in [0.1, 0.15) is 27.0 Å². The van der Waals surface area contributed by atoms with Gasteiger partial charge in [0.15, 0.2) is 0 Å². The molecule has 0 aromatic heterocycles. The van der Waals surface area contributed by atoms with Gasteiger partial charge in [0.05, 0.1) is 0 Å². The Hall–Kier alpha value is -2.09. The molecule has 2 nitrogen and oxygen atoms in total. The maximum atomic E-state index is 12.3. The van der Waals surface area contributed by atoms with Crippen molar-refractivity contribution in [2.45, 2.75) is 20.0 Å². The number of hydrogen-bond acceptors (Lipinski definition) is 1. The molecule has 0 saturated heterocycles. The number of amides is 1. The van der Waals surface area contributed by atoms with Gasteiger partial charge in [-0.05, 0) is 29.7 Å². The third-order valence-corrected chi connectivity index (χ3v) is 3.49. The average molecular weight is 237 g/mol. The molecule has 1 amide bonds. The Labute approximate surface area is 107 Å². The van der Waals surface area contributed by atoms with E-state index in [0.717, 1.165) is 12.1 Å². The molecule has 90 valence electrons. The fraction of sp³-hybridized carbons (Fsp3) is 0.188. The Morgan fingerprint density at radius 2 is 1.83 bits per heavy atom. The first-order valence-corrected chi connectivity index (χ1v) is 6.17. The minimum Gasteiger partial charge on any atom is -0.330 e. The summed E-state index contributed by atoms with van der Waals surface area (Å²) >= 11 is 0. The number of nitrogens with zero attached hydrogens (tertiary/aromatic N) is 1. The van der Waals surface area contributed by atoms with Crippen molar-refractivity contribution in [3.8, 4) is 0 Å². The molecular formula is C16H15NO. The van der Waals surface area contributed by atoms with Gasteiger partial charge in [0.1, 0.15) is 0 Å². The molecule has 2 aromatic carbocycles. The highest BCUT2D eigenvalue weighted by Gasteiger charge is 2.27. The van der Waals surface area contributed by atoms with Crippen molar-refractivity contribution in [1.29, 1.82) is 0 Å². The quantitative estimate of drug-likeness (QED) is 0.785. The second-order valence-corrected chi connectivity index (χ2v) is 4.75. The molecule has 3 rings (SSSR count). The molecule has 0 unspecified atom stereocenters. The molecule has 0 fully saturated rings. The first-order chi connectivity index (χ1) is 8.75. The number of fused-ring (bicyclic) bond motifs is 1. The van der Waals surface area contributed by atoms with Gasteiger partial charge in [-0.1, -0.05) is 42.5 Å². The lowest BCUT2D eigenvalue weighted by Gasteiger charge is -2.15. The Morgan fingerprint density at radius 1 is 1.06 bits per heavy atom. The molecule has 0 N–H and O–H groups in total. The lowest BCUT2D eigenvalue weighted by molar-refractivity contribution is 0.0766. The second-order valence-electron chi connectivity index (χ2n) is 4.75. The molecule has 2 heteroatoms. The summed E-state index contributed by atoms with van der Waals surface area (Å²) in [4.78, 5) is 14.2. The smallest absolute Gasteiger partial charge is 0.254 e. The summed E-state index contributed by atoms with van der Waals surface area (Å²) in [6.45, 7) is 3.49. The van der Waals surface area contributed by atoms with Gasteiger partial charge < -0.3 is 4.90 Å². The van der Waals surface area contributed by atoms with Crippen LogP contribution in [0.2, 0.25) is 0 Å². The molecule has 1 heterocycles. The molecule has 18 heavy (non-hydrogen) atoms. The number of benzene rings is 2. The zero-order chi connectivity index (χ0) is 12.5. The lowest BCUT2D eigenvalue weighted by atomic mass is 10.1. The average Bonchev–Trinajstić information content (AvgIpc) is 2.70. The Kier molecular flexibility index (Phi) is 2.63. The normalized spacial score (nSPS) is 13.8. The van der Waals surface area contributed by atoms with E-state index >= 15 is 0 Å². The van der Waals surface area contributed by atoms with Gasteiger partial charge in [-0.25, -0.2) is 0 Å². The van der Waals surface area contributed by atoms with Crippen LogP contribution >= 0.6 is 0 Å². The van der Waals surface area contributed by atoms with Crippen LogP contribution in [0, 0.1) is 6.92 Å². The summed E-state index contributed by atoms with van der Waals surface area (Å²) in [5.74, 6) is 0.151. The monoisotopic (exact) mass is 237 g/mol. The Balaban J connectivity index is 1.87. The number of rotatable bonds is 2. The first kappa shape index (κ1) is 11.0. The fourth-order valence-corrected chi connectivity index (χ4v) is 2.48. The third-order valence-electron chi connectivity index (χ3n) is 3.49. The topological polar surface area (TPSA) is 20.3 Å². The number of carbonyl (C=O) groups is 1. The van der Waals surface area contributed by atoms with Crippen molar-refractivity contribution >= 4 is 5.91 Å². The molecule has 0 spiro atoms. The highest BCUT2D eigenvalue weighted by atomic mass is 16.2. The predicted molar refractivity (Wildman–Crippen MR) is 71.2 cm³/mol. The summed E-state index contributed by atoms with van der Waals surface area (Å²) in [5, 5.41) is 0. The van der Waals surface area contributed by atoms with Crippen molar-refractivity contribution in [3.05, 3.63) is 70.8 Å². The van der Waals surface area contributed by atoms with E-state index in [1.807, 2.05) is 35.2 Å². The van der Waals surface area contributed by atoms with E-state index in [9.17, 15) is 4.79 Å². The largest absolute Gasteiger partial charge is 0.330 e. The minimum absolute atomic E-state index is 0.151. The van der Waals surface area contributed by atoms with Crippen molar-refractivity contribution in [3.63, 3.8) is 0 Å². The molecule has 0 atom stereocenters. The molecule has 1 aliphatic rings. The van der Waals surface area contributed by atoms with Crippen LogP contribution in [0.25, 0.3) is 0 Å². The van der Waals surface area contributed by atoms with Gasteiger partial charge in [-0.15, -0.1) is 0 Å². The van der Waals surface area contributed by atoms with Crippen LogP contribution in [-0.2, 0) is 13.1 Å². The SMILES string of the molecule is Cc1cccc2c1CN(Cc1ccccc1)C2=O. The third kappa shape index (κ3) is 1.80. The second kappa shape index (κ2) is 4.30. The molecular weight excluding hydrogens is 222 g/mol. The first-order valence-electron chi connectivity index (χ1n) is 6.17. The van der Waals surface area contributed by atoms with Gasteiger partial charge in [0.2, 0.25) is 0 Å². The van der Waals surface area contributed by atoms with E-state index in [2.05, 4.69) is 25.1 Å². The molecule has 0 bridgehead atoms. The summed E-state index contributed by atoms with van der Waals surface area (Å²) in [5.41, 5.74) is 4.43. The maximum absolute atomic E-state index is 12.3. The molecule has 0 saturated carbocycles. The number of carbonyl (C=O) groups excluding carboxylic acids is 1. The Morgan fingerprint density at radius 3 is 2.56 bits per heavy atom. The van der Waals surface area contributed by atoms with Gasteiger partial charge in [-0.2, -0.15) is 0 Å². The van der Waals surface area contributed by atoms with Crippen LogP contribution in [0.5, 0.6) is 0 Å². The van der Waals surface area contributed by atoms with Crippen LogP contribution < -0.4 is 0 Å². The molecule has 2 aromatic rings. The van der Waals surface area contributed by atoms with Gasteiger partial charge in [-0.3, -0.25) is 4.79 Å². The maximum Gasteiger partial charge on any atom is 0.254 e. The van der Waals surface area contributed by atoms with E-state index in [4.69, 9.17) is 0 Å². The number of aryl methyl sites for hydroxylation is 1. The van der Waals surface area contributed by atoms with Crippen LogP contribution in [-0.4, -0.2) is 10.8 Å². The van der Waals surface area contributed by atoms with Gasteiger partial charge in [0.25, 0.3) is 5.91 Å². The van der Waals surface area contributed by atoms with Crippen molar-refractivity contribution in [2.75, 3.05) is 0 Å². The van der Waals surface area contributed by atoms with E-state index in [0.29, 0.717) is 6.54 Å². The Bertz CT molecular complexity index is 589. The van der Waals surface area contributed by atoms with E-state index in [1.165, 1.54) is 16.7 Å². The van der Waals surface area contributed by atoms with Crippen molar-refractivity contribution in [1.82, 2.24) is 4.90 Å². The number of hydrogen-bond donors (Lipinski definition) is 0. The molecule has 0 aliphatic carbocycles. The van der Waals surface area contributed by atoms with E-state index in [1.54, 1.807) is 0 Å².